The van der Waals surface area contributed by atoms with Gasteiger partial charge in [0, 0.05) is 5.41 Å². The molecule has 2 fully saturated rings. The Bertz CT molecular complexity index is 206. The minimum absolute atomic E-state index is 0.382. The lowest BCUT2D eigenvalue weighted by atomic mass is 9.95. The van der Waals surface area contributed by atoms with Crippen molar-refractivity contribution < 1.29 is 9.50 Å². The molecule has 0 aromatic heterocycles. The highest BCUT2D eigenvalue weighted by molar-refractivity contribution is 5.22. The van der Waals surface area contributed by atoms with Crippen LogP contribution >= 0.6 is 0 Å². The van der Waals surface area contributed by atoms with Crippen molar-refractivity contribution in [1.29, 1.82) is 0 Å². The van der Waals surface area contributed by atoms with E-state index in [1.165, 1.54) is 0 Å². The second kappa shape index (κ2) is 2.22. The molecule has 12 heavy (non-hydrogen) atoms. The molecule has 0 amide bonds. The van der Waals surface area contributed by atoms with Gasteiger partial charge in [-0.3, -0.25) is 0 Å². The predicted molar refractivity (Wildman–Crippen MR) is 45.6 cm³/mol. The number of alkyl halides is 1. The average molecular weight is 172 g/mol. The van der Waals surface area contributed by atoms with Gasteiger partial charge in [0.05, 0.1) is 5.60 Å². The Morgan fingerprint density at radius 1 is 1.50 bits per heavy atom. The molecule has 1 N–H and O–H groups in total. The van der Waals surface area contributed by atoms with Crippen molar-refractivity contribution in [2.75, 3.05) is 0 Å². The third-order valence-electron chi connectivity index (χ3n) is 3.83. The van der Waals surface area contributed by atoms with Crippen molar-refractivity contribution >= 4 is 0 Å². The fourth-order valence-corrected chi connectivity index (χ4v) is 2.47. The van der Waals surface area contributed by atoms with Crippen LogP contribution in [-0.2, 0) is 0 Å². The van der Waals surface area contributed by atoms with Gasteiger partial charge in [-0.25, -0.2) is 4.39 Å². The largest absolute Gasteiger partial charge is 0.389 e. The Balaban J connectivity index is 1.98. The molecule has 2 rings (SSSR count). The Labute approximate surface area is 73.0 Å². The maximum absolute atomic E-state index is 12.9. The van der Waals surface area contributed by atoms with E-state index in [9.17, 15) is 9.50 Å². The van der Waals surface area contributed by atoms with Crippen molar-refractivity contribution in [2.45, 2.75) is 51.3 Å². The van der Waals surface area contributed by atoms with Crippen LogP contribution in [0.1, 0.15) is 39.5 Å². The van der Waals surface area contributed by atoms with Gasteiger partial charge in [0.2, 0.25) is 0 Å². The number of hydrogen-bond acceptors (Lipinski definition) is 1. The van der Waals surface area contributed by atoms with E-state index in [0.29, 0.717) is 12.3 Å². The van der Waals surface area contributed by atoms with Crippen LogP contribution in [0.3, 0.4) is 0 Å². The van der Waals surface area contributed by atoms with Gasteiger partial charge in [-0.1, -0.05) is 20.3 Å². The highest BCUT2D eigenvalue weighted by atomic mass is 19.1. The zero-order chi connectivity index (χ0) is 8.98. The van der Waals surface area contributed by atoms with E-state index in [1.807, 2.05) is 6.92 Å². The van der Waals surface area contributed by atoms with E-state index in [2.05, 4.69) is 6.92 Å². The monoisotopic (exact) mass is 172 g/mol. The summed E-state index contributed by atoms with van der Waals surface area (Å²) in [6, 6.07) is 0. The van der Waals surface area contributed by atoms with E-state index in [4.69, 9.17) is 0 Å². The molecule has 0 radical (unpaired) electrons. The first-order valence-corrected chi connectivity index (χ1v) is 4.91. The van der Waals surface area contributed by atoms with Crippen molar-refractivity contribution in [2.24, 2.45) is 11.3 Å². The highest BCUT2D eigenvalue weighted by Gasteiger charge is 2.73. The van der Waals surface area contributed by atoms with Crippen LogP contribution < -0.4 is 0 Å². The molecule has 4 unspecified atom stereocenters. The number of rotatable bonds is 3. The number of aliphatic hydroxyl groups is 1. The van der Waals surface area contributed by atoms with Crippen LogP contribution in [0.25, 0.3) is 0 Å². The van der Waals surface area contributed by atoms with E-state index >= 15 is 0 Å². The van der Waals surface area contributed by atoms with Crippen LogP contribution in [0, 0.1) is 11.3 Å². The smallest absolute Gasteiger partial charge is 0.109 e. The summed E-state index contributed by atoms with van der Waals surface area (Å²) < 4.78 is 12.9. The average Bonchev–Trinajstić information content (AvgIpc) is 2.80. The standard InChI is InChI=1S/C10H17FO/c1-3-4-7-5-10(7,12)9(2)6-8(9)11/h7-8,12H,3-6H2,1-2H3. The third-order valence-corrected chi connectivity index (χ3v) is 3.83. The van der Waals surface area contributed by atoms with Gasteiger partial charge < -0.3 is 5.11 Å². The summed E-state index contributed by atoms with van der Waals surface area (Å²) >= 11 is 0. The van der Waals surface area contributed by atoms with Crippen LogP contribution in [0.4, 0.5) is 4.39 Å². The molecular weight excluding hydrogens is 155 g/mol. The fourth-order valence-electron chi connectivity index (χ4n) is 2.47. The molecule has 0 bridgehead atoms. The van der Waals surface area contributed by atoms with Gasteiger partial charge in [-0.05, 0) is 25.2 Å². The van der Waals surface area contributed by atoms with Crippen molar-refractivity contribution in [3.63, 3.8) is 0 Å². The zero-order valence-electron chi connectivity index (χ0n) is 7.81. The Morgan fingerprint density at radius 2 is 2.08 bits per heavy atom. The van der Waals surface area contributed by atoms with E-state index in [1.54, 1.807) is 0 Å². The Kier molecular flexibility index (Phi) is 1.57. The molecule has 2 heteroatoms. The maximum atomic E-state index is 12.9. The molecule has 0 aromatic rings. The second-order valence-electron chi connectivity index (χ2n) is 4.70. The lowest BCUT2D eigenvalue weighted by molar-refractivity contribution is 0.0444. The molecule has 70 valence electrons. The first-order valence-electron chi connectivity index (χ1n) is 4.91. The van der Waals surface area contributed by atoms with Gasteiger partial charge >= 0.3 is 0 Å². The van der Waals surface area contributed by atoms with E-state index in [0.717, 1.165) is 19.3 Å². The lowest BCUT2D eigenvalue weighted by Crippen LogP contribution is -2.26. The molecule has 2 aliphatic carbocycles. The second-order valence-corrected chi connectivity index (χ2v) is 4.70. The topological polar surface area (TPSA) is 20.2 Å². The van der Waals surface area contributed by atoms with Gasteiger partial charge in [0.25, 0.3) is 0 Å². The van der Waals surface area contributed by atoms with Gasteiger partial charge in [0.1, 0.15) is 6.17 Å². The van der Waals surface area contributed by atoms with Gasteiger partial charge in [0.15, 0.2) is 0 Å². The lowest BCUT2D eigenvalue weighted by Gasteiger charge is -2.17. The summed E-state index contributed by atoms with van der Waals surface area (Å²) in [5.41, 5.74) is -1.02. The van der Waals surface area contributed by atoms with Crippen molar-refractivity contribution in [1.82, 2.24) is 0 Å². The first-order chi connectivity index (χ1) is 5.54. The fraction of sp³-hybridized carbons (Fsp3) is 1.00. The van der Waals surface area contributed by atoms with Crippen LogP contribution in [0.2, 0.25) is 0 Å². The normalized spacial score (nSPS) is 57.0. The van der Waals surface area contributed by atoms with Crippen molar-refractivity contribution in [3.8, 4) is 0 Å². The zero-order valence-corrected chi connectivity index (χ0v) is 7.81. The molecule has 0 saturated heterocycles. The molecule has 2 aliphatic rings. The Morgan fingerprint density at radius 3 is 2.50 bits per heavy atom. The summed E-state index contributed by atoms with van der Waals surface area (Å²) in [5.74, 6) is 0.383. The summed E-state index contributed by atoms with van der Waals surface area (Å²) in [5, 5.41) is 10.0. The summed E-state index contributed by atoms with van der Waals surface area (Å²) in [6.07, 6.45) is 2.81. The quantitative estimate of drug-likeness (QED) is 0.692. The van der Waals surface area contributed by atoms with E-state index < -0.39 is 11.8 Å². The minimum Gasteiger partial charge on any atom is -0.389 e. The highest BCUT2D eigenvalue weighted by Crippen LogP contribution is 2.68. The van der Waals surface area contributed by atoms with E-state index in [-0.39, 0.29) is 5.41 Å². The number of halogens is 1. The molecule has 0 spiro atoms. The summed E-state index contributed by atoms with van der Waals surface area (Å²) in [4.78, 5) is 0. The SMILES string of the molecule is CCCC1CC1(O)C1(C)CC1F. The molecule has 0 aliphatic heterocycles. The molecule has 0 heterocycles. The third kappa shape index (κ3) is 0.875. The summed E-state index contributed by atoms with van der Waals surface area (Å²) in [6.45, 7) is 3.99. The molecule has 0 aromatic carbocycles. The molecule has 1 nitrogen and oxygen atoms in total. The molecule has 4 atom stereocenters. The summed E-state index contributed by atoms with van der Waals surface area (Å²) in [7, 11) is 0. The molecule has 2 saturated carbocycles. The van der Waals surface area contributed by atoms with Gasteiger partial charge in [-0.15, -0.1) is 0 Å². The Hall–Kier alpha value is -0.110. The van der Waals surface area contributed by atoms with Crippen molar-refractivity contribution in [3.05, 3.63) is 0 Å². The maximum Gasteiger partial charge on any atom is 0.109 e. The first kappa shape index (κ1) is 8.49. The van der Waals surface area contributed by atoms with Crippen LogP contribution in [-0.4, -0.2) is 16.9 Å². The van der Waals surface area contributed by atoms with Crippen LogP contribution in [0.15, 0.2) is 0 Å². The van der Waals surface area contributed by atoms with Crippen LogP contribution in [0.5, 0.6) is 0 Å². The number of hydrogen-bond donors (Lipinski definition) is 1. The molecular formula is C10H17FO. The minimum atomic E-state index is -0.746. The predicted octanol–water partition coefficient (Wildman–Crippen LogP) is 2.29. The van der Waals surface area contributed by atoms with Gasteiger partial charge in [-0.2, -0.15) is 0 Å².